The lowest BCUT2D eigenvalue weighted by atomic mass is 10.2. The molecule has 0 N–H and O–H groups in total. The standard InChI is InChI=1S/C21H24ClN3O2S/c1-14(2)27-19-7-5-6-17(12-19)23-21-24(4)20(13-28-21)25(15(3)26)18-10-8-16(22)9-11-18/h5-12,14,20H,13H2,1-4H3. The molecule has 5 nitrogen and oxygen atoms in total. The summed E-state index contributed by atoms with van der Waals surface area (Å²) in [4.78, 5) is 21.0. The number of halogens is 1. The van der Waals surface area contributed by atoms with Crippen LogP contribution in [0.5, 0.6) is 5.75 Å². The Labute approximate surface area is 175 Å². The number of thioether (sulfide) groups is 1. The zero-order valence-electron chi connectivity index (χ0n) is 16.4. The first-order chi connectivity index (χ1) is 13.3. The number of ether oxygens (including phenoxy) is 1. The lowest BCUT2D eigenvalue weighted by Crippen LogP contribution is -2.48. The van der Waals surface area contributed by atoms with E-state index in [1.54, 1.807) is 35.7 Å². The lowest BCUT2D eigenvalue weighted by Gasteiger charge is -2.32. The van der Waals surface area contributed by atoms with E-state index in [1.165, 1.54) is 0 Å². The highest BCUT2D eigenvalue weighted by Gasteiger charge is 2.34. The Morgan fingerprint density at radius 1 is 1.29 bits per heavy atom. The van der Waals surface area contributed by atoms with E-state index in [2.05, 4.69) is 0 Å². The van der Waals surface area contributed by atoms with E-state index in [0.717, 1.165) is 28.0 Å². The summed E-state index contributed by atoms with van der Waals surface area (Å²) >= 11 is 7.63. The molecule has 1 saturated heterocycles. The molecule has 28 heavy (non-hydrogen) atoms. The Morgan fingerprint density at radius 2 is 2.00 bits per heavy atom. The molecule has 1 fully saturated rings. The molecule has 2 aromatic rings. The van der Waals surface area contributed by atoms with Crippen molar-refractivity contribution >= 4 is 45.8 Å². The Kier molecular flexibility index (Phi) is 6.52. The molecule has 1 aliphatic heterocycles. The fourth-order valence-electron chi connectivity index (χ4n) is 3.02. The monoisotopic (exact) mass is 417 g/mol. The van der Waals surface area contributed by atoms with E-state index in [9.17, 15) is 4.79 Å². The fraction of sp³-hybridized carbons (Fsp3) is 0.333. The fourth-order valence-corrected chi connectivity index (χ4v) is 4.32. The second-order valence-electron chi connectivity index (χ2n) is 6.83. The number of aliphatic imine (C=N–C) groups is 1. The summed E-state index contributed by atoms with van der Waals surface area (Å²) in [5.41, 5.74) is 1.65. The number of nitrogens with zero attached hydrogens (tertiary/aromatic N) is 3. The van der Waals surface area contributed by atoms with Crippen molar-refractivity contribution < 1.29 is 9.53 Å². The van der Waals surface area contributed by atoms with Gasteiger partial charge < -0.3 is 9.64 Å². The second kappa shape index (κ2) is 8.88. The van der Waals surface area contributed by atoms with Crippen LogP contribution in [0.4, 0.5) is 11.4 Å². The average molecular weight is 418 g/mol. The van der Waals surface area contributed by atoms with Crippen LogP contribution in [-0.4, -0.2) is 41.0 Å². The summed E-state index contributed by atoms with van der Waals surface area (Å²) in [5, 5.41) is 1.51. The molecule has 0 aliphatic carbocycles. The summed E-state index contributed by atoms with van der Waals surface area (Å²) in [7, 11) is 1.96. The molecule has 0 radical (unpaired) electrons. The SMILES string of the molecule is CC(=O)N(c1ccc(Cl)cc1)C1CSC(=Nc2cccc(OC(C)C)c2)N1C. The third-order valence-corrected chi connectivity index (χ3v) is 5.62. The molecule has 1 atom stereocenters. The van der Waals surface area contributed by atoms with Crippen LogP contribution in [0.25, 0.3) is 0 Å². The quantitative estimate of drug-likeness (QED) is 0.673. The van der Waals surface area contributed by atoms with Crippen LogP contribution in [0.1, 0.15) is 20.8 Å². The van der Waals surface area contributed by atoms with Gasteiger partial charge in [-0.15, -0.1) is 0 Å². The van der Waals surface area contributed by atoms with Crippen LogP contribution in [0, 0.1) is 0 Å². The van der Waals surface area contributed by atoms with Crippen molar-refractivity contribution in [2.45, 2.75) is 33.0 Å². The zero-order valence-corrected chi connectivity index (χ0v) is 18.0. The van der Waals surface area contributed by atoms with Gasteiger partial charge in [0, 0.05) is 36.5 Å². The predicted octanol–water partition coefficient (Wildman–Crippen LogP) is 5.17. The minimum atomic E-state index is -0.113. The second-order valence-corrected chi connectivity index (χ2v) is 8.25. The molecule has 0 saturated carbocycles. The van der Waals surface area contributed by atoms with Gasteiger partial charge in [0.2, 0.25) is 5.91 Å². The van der Waals surface area contributed by atoms with Crippen molar-refractivity contribution in [1.29, 1.82) is 0 Å². The Hall–Kier alpha value is -2.18. The largest absolute Gasteiger partial charge is 0.491 e. The molecule has 2 aromatic carbocycles. The van der Waals surface area contributed by atoms with Gasteiger partial charge in [-0.2, -0.15) is 0 Å². The van der Waals surface area contributed by atoms with Crippen molar-refractivity contribution in [1.82, 2.24) is 4.90 Å². The van der Waals surface area contributed by atoms with E-state index < -0.39 is 0 Å². The van der Waals surface area contributed by atoms with E-state index in [4.69, 9.17) is 21.3 Å². The topological polar surface area (TPSA) is 45.1 Å². The summed E-state index contributed by atoms with van der Waals surface area (Å²) in [5.74, 6) is 1.51. The van der Waals surface area contributed by atoms with E-state index in [1.807, 2.05) is 62.2 Å². The highest BCUT2D eigenvalue weighted by atomic mass is 35.5. The molecule has 0 bridgehead atoms. The van der Waals surface area contributed by atoms with Gasteiger partial charge in [-0.25, -0.2) is 4.99 Å². The number of benzene rings is 2. The first-order valence-corrected chi connectivity index (χ1v) is 10.5. The van der Waals surface area contributed by atoms with Crippen LogP contribution in [0.2, 0.25) is 5.02 Å². The number of hydrogen-bond acceptors (Lipinski definition) is 4. The highest BCUT2D eigenvalue weighted by molar-refractivity contribution is 8.14. The van der Waals surface area contributed by atoms with Crippen LogP contribution in [0.15, 0.2) is 53.5 Å². The van der Waals surface area contributed by atoms with Gasteiger partial charge in [0.15, 0.2) is 5.17 Å². The van der Waals surface area contributed by atoms with E-state index >= 15 is 0 Å². The number of rotatable bonds is 5. The molecule has 0 spiro atoms. The number of anilines is 1. The van der Waals surface area contributed by atoms with Crippen LogP contribution < -0.4 is 9.64 Å². The molecule has 7 heteroatoms. The van der Waals surface area contributed by atoms with Crippen LogP contribution in [0.3, 0.4) is 0 Å². The normalized spacial score (nSPS) is 18.0. The van der Waals surface area contributed by atoms with Crippen LogP contribution in [-0.2, 0) is 4.79 Å². The maximum atomic E-state index is 12.4. The number of amidine groups is 1. The van der Waals surface area contributed by atoms with Crippen molar-refractivity contribution in [2.24, 2.45) is 4.99 Å². The Morgan fingerprint density at radius 3 is 2.64 bits per heavy atom. The lowest BCUT2D eigenvalue weighted by molar-refractivity contribution is -0.117. The minimum Gasteiger partial charge on any atom is -0.491 e. The van der Waals surface area contributed by atoms with E-state index in [0.29, 0.717) is 5.02 Å². The number of carbonyl (C=O) groups is 1. The summed E-state index contributed by atoms with van der Waals surface area (Å²) < 4.78 is 5.75. The predicted molar refractivity (Wildman–Crippen MR) is 118 cm³/mol. The van der Waals surface area contributed by atoms with Crippen molar-refractivity contribution in [3.05, 3.63) is 53.6 Å². The summed E-state index contributed by atoms with van der Waals surface area (Å²) in [6.07, 6.45) is -0.00293. The molecular weight excluding hydrogens is 394 g/mol. The number of amides is 1. The third-order valence-electron chi connectivity index (χ3n) is 4.27. The number of carbonyl (C=O) groups excluding carboxylic acids is 1. The molecule has 148 valence electrons. The van der Waals surface area contributed by atoms with Crippen molar-refractivity contribution in [3.63, 3.8) is 0 Å². The zero-order chi connectivity index (χ0) is 20.3. The van der Waals surface area contributed by atoms with Crippen LogP contribution >= 0.6 is 23.4 Å². The van der Waals surface area contributed by atoms with Gasteiger partial charge in [-0.3, -0.25) is 9.69 Å². The van der Waals surface area contributed by atoms with Crippen molar-refractivity contribution in [3.8, 4) is 5.75 Å². The molecule has 1 aliphatic rings. The molecular formula is C21H24ClN3O2S. The Bertz CT molecular complexity index is 870. The smallest absolute Gasteiger partial charge is 0.225 e. The van der Waals surface area contributed by atoms with Crippen molar-refractivity contribution in [2.75, 3.05) is 17.7 Å². The van der Waals surface area contributed by atoms with Gasteiger partial charge in [0.05, 0.1) is 11.8 Å². The summed E-state index contributed by atoms with van der Waals surface area (Å²) in [6, 6.07) is 15.1. The molecule has 1 unspecified atom stereocenters. The minimum absolute atomic E-state index is 0.0200. The van der Waals surface area contributed by atoms with Gasteiger partial charge >= 0.3 is 0 Å². The maximum Gasteiger partial charge on any atom is 0.225 e. The van der Waals surface area contributed by atoms with Gasteiger partial charge in [-0.1, -0.05) is 29.4 Å². The van der Waals surface area contributed by atoms with Gasteiger partial charge in [0.1, 0.15) is 11.9 Å². The first kappa shape index (κ1) is 20.6. The third kappa shape index (κ3) is 4.80. The molecule has 1 amide bonds. The average Bonchev–Trinajstić information content (AvgIpc) is 2.97. The van der Waals surface area contributed by atoms with Gasteiger partial charge in [0.25, 0.3) is 0 Å². The molecule has 0 aromatic heterocycles. The molecule has 1 heterocycles. The summed E-state index contributed by atoms with van der Waals surface area (Å²) in [6.45, 7) is 5.57. The molecule has 3 rings (SSSR count). The van der Waals surface area contributed by atoms with Gasteiger partial charge in [-0.05, 0) is 50.2 Å². The highest BCUT2D eigenvalue weighted by Crippen LogP contribution is 2.32. The first-order valence-electron chi connectivity index (χ1n) is 9.11. The number of hydrogen-bond donors (Lipinski definition) is 0. The van der Waals surface area contributed by atoms with E-state index in [-0.39, 0.29) is 18.2 Å². The Balaban J connectivity index is 1.83. The maximum absolute atomic E-state index is 12.4.